The summed E-state index contributed by atoms with van der Waals surface area (Å²) in [5.74, 6) is 0.344. The van der Waals surface area contributed by atoms with Gasteiger partial charge in [-0.2, -0.15) is 0 Å². The molecule has 4 rings (SSSR count). The molecule has 246 valence electrons. The van der Waals surface area contributed by atoms with Gasteiger partial charge in [-0.25, -0.2) is 13.2 Å². The molecule has 2 saturated heterocycles. The van der Waals surface area contributed by atoms with Crippen LogP contribution in [0.2, 0.25) is 0 Å². The van der Waals surface area contributed by atoms with E-state index in [0.29, 0.717) is 31.6 Å². The Morgan fingerprint density at radius 2 is 1.91 bits per heavy atom. The SMILES string of the molecule is COc1ccc(S(=O)(=O)C(N)(CC(C)(C)CCCN=[N+]=[N-])C(O)C(Cc2ccccc2)NC(=O)OC2COC3OCCC23)cc1. The molecule has 0 radical (unpaired) electrons. The van der Waals surface area contributed by atoms with Crippen molar-refractivity contribution in [1.29, 1.82) is 0 Å². The van der Waals surface area contributed by atoms with Crippen LogP contribution in [0.4, 0.5) is 4.79 Å². The van der Waals surface area contributed by atoms with E-state index < -0.39 is 50.8 Å². The molecular weight excluding hydrogens is 602 g/mol. The van der Waals surface area contributed by atoms with E-state index in [1.54, 1.807) is 0 Å². The summed E-state index contributed by atoms with van der Waals surface area (Å²) < 4.78 is 50.9. The molecule has 2 aliphatic heterocycles. The number of methoxy groups -OCH3 is 1. The predicted octanol–water partition coefficient (Wildman–Crippen LogP) is 4.09. The van der Waals surface area contributed by atoms with Crippen molar-refractivity contribution in [3.8, 4) is 5.75 Å². The molecule has 6 unspecified atom stereocenters. The summed E-state index contributed by atoms with van der Waals surface area (Å²) in [6.45, 7) is 4.59. The van der Waals surface area contributed by atoms with E-state index in [1.807, 2.05) is 44.2 Å². The number of hydrogen-bond donors (Lipinski definition) is 3. The third-order valence-electron chi connectivity index (χ3n) is 8.53. The van der Waals surface area contributed by atoms with Crippen molar-refractivity contribution in [3.63, 3.8) is 0 Å². The second-order valence-corrected chi connectivity index (χ2v) is 14.6. The summed E-state index contributed by atoms with van der Waals surface area (Å²) in [5, 5.41) is 18.4. The average molecular weight is 646 g/mol. The molecule has 13 nitrogen and oxygen atoms in total. The van der Waals surface area contributed by atoms with Crippen LogP contribution in [0, 0.1) is 11.3 Å². The number of aliphatic hydroxyl groups excluding tert-OH is 1. The van der Waals surface area contributed by atoms with Crippen LogP contribution >= 0.6 is 0 Å². The highest BCUT2D eigenvalue weighted by molar-refractivity contribution is 7.92. The zero-order valence-electron chi connectivity index (χ0n) is 25.9. The summed E-state index contributed by atoms with van der Waals surface area (Å²) >= 11 is 0. The van der Waals surface area contributed by atoms with Gasteiger partial charge in [-0.1, -0.05) is 49.3 Å². The fraction of sp³-hybridized carbons (Fsp3) is 0.581. The van der Waals surface area contributed by atoms with Crippen molar-refractivity contribution in [2.75, 3.05) is 26.9 Å². The number of azide groups is 1. The number of nitrogens with zero attached hydrogens (tertiary/aromatic N) is 3. The van der Waals surface area contributed by atoms with Gasteiger partial charge in [0.15, 0.2) is 21.0 Å². The molecular formula is C31H43N5O8S. The number of benzene rings is 2. The predicted molar refractivity (Wildman–Crippen MR) is 166 cm³/mol. The largest absolute Gasteiger partial charge is 0.497 e. The van der Waals surface area contributed by atoms with Crippen LogP contribution in [-0.2, 0) is 30.5 Å². The van der Waals surface area contributed by atoms with E-state index in [2.05, 4.69) is 15.3 Å². The highest BCUT2D eigenvalue weighted by Gasteiger charge is 2.53. The van der Waals surface area contributed by atoms with Crippen molar-refractivity contribution < 1.29 is 37.3 Å². The van der Waals surface area contributed by atoms with E-state index in [4.69, 9.17) is 30.2 Å². The number of carbonyl (C=O) groups is 1. The molecule has 2 aromatic carbocycles. The van der Waals surface area contributed by atoms with Crippen LogP contribution in [0.5, 0.6) is 5.75 Å². The van der Waals surface area contributed by atoms with Crippen LogP contribution in [0.3, 0.4) is 0 Å². The lowest BCUT2D eigenvalue weighted by molar-refractivity contribution is -0.0907. The van der Waals surface area contributed by atoms with Crippen LogP contribution in [-0.4, -0.2) is 75.9 Å². The standard InChI is InChI=1S/C31H43N5O8S/c1-30(2,15-7-16-34-36-33)20-31(32,45(39,40)23-12-10-22(41-3)11-13-23)27(37)25(18-21-8-5-4-6-9-21)35-29(38)44-26-19-43-28-24(26)14-17-42-28/h4-6,8-13,24-28,37H,7,14-20,32H2,1-3H3,(H,35,38). The normalized spacial score (nSPS) is 22.4. The first-order valence-electron chi connectivity index (χ1n) is 15.0. The number of nitrogens with one attached hydrogen (secondary N) is 1. The Labute approximate surface area is 263 Å². The molecule has 0 aromatic heterocycles. The number of ether oxygens (including phenoxy) is 4. The minimum atomic E-state index is -4.44. The number of alkyl carbamates (subject to hydrolysis) is 1. The van der Waals surface area contributed by atoms with Crippen molar-refractivity contribution in [2.24, 2.45) is 22.2 Å². The quantitative estimate of drug-likeness (QED) is 0.111. The Kier molecular flexibility index (Phi) is 11.3. The molecule has 6 atom stereocenters. The fourth-order valence-electron chi connectivity index (χ4n) is 6.16. The average Bonchev–Trinajstić information content (AvgIpc) is 3.64. The first kappa shape index (κ1) is 34.5. The number of nitrogens with two attached hydrogens (primary N) is 1. The van der Waals surface area contributed by atoms with Crippen LogP contribution < -0.4 is 15.8 Å². The molecule has 14 heteroatoms. The van der Waals surface area contributed by atoms with Gasteiger partial charge in [0.05, 0.1) is 37.2 Å². The summed E-state index contributed by atoms with van der Waals surface area (Å²) in [6.07, 6.45) is -2.06. The third-order valence-corrected chi connectivity index (χ3v) is 10.8. The van der Waals surface area contributed by atoms with Gasteiger partial charge < -0.3 is 35.1 Å². The highest BCUT2D eigenvalue weighted by Crippen LogP contribution is 2.40. The molecule has 0 aliphatic carbocycles. The minimum Gasteiger partial charge on any atom is -0.497 e. The van der Waals surface area contributed by atoms with Crippen molar-refractivity contribution in [3.05, 3.63) is 70.6 Å². The molecule has 0 saturated carbocycles. The van der Waals surface area contributed by atoms with Gasteiger partial charge in [0.25, 0.3) is 0 Å². The number of carbonyl (C=O) groups excluding carboxylic acids is 1. The Morgan fingerprint density at radius 1 is 1.20 bits per heavy atom. The number of aliphatic hydroxyl groups is 1. The lowest BCUT2D eigenvalue weighted by atomic mass is 9.78. The highest BCUT2D eigenvalue weighted by atomic mass is 32.2. The van der Waals surface area contributed by atoms with Gasteiger partial charge in [0.1, 0.15) is 18.0 Å². The van der Waals surface area contributed by atoms with E-state index in [-0.39, 0.29) is 36.8 Å². The summed E-state index contributed by atoms with van der Waals surface area (Å²) in [4.78, 5) is 13.7. The van der Waals surface area contributed by atoms with Gasteiger partial charge >= 0.3 is 6.09 Å². The third kappa shape index (κ3) is 8.26. The number of fused-ring (bicyclic) bond motifs is 1. The van der Waals surface area contributed by atoms with E-state index in [1.165, 1.54) is 31.4 Å². The van der Waals surface area contributed by atoms with E-state index in [9.17, 15) is 18.3 Å². The van der Waals surface area contributed by atoms with Gasteiger partial charge in [-0.3, -0.25) is 0 Å². The number of rotatable bonds is 15. The first-order valence-corrected chi connectivity index (χ1v) is 16.5. The first-order chi connectivity index (χ1) is 21.4. The zero-order chi connectivity index (χ0) is 32.7. The maximum absolute atomic E-state index is 14.4. The summed E-state index contributed by atoms with van der Waals surface area (Å²) in [6, 6.07) is 13.7. The molecule has 45 heavy (non-hydrogen) atoms. The molecule has 2 aromatic rings. The Bertz CT molecular complexity index is 1440. The van der Waals surface area contributed by atoms with Gasteiger partial charge in [-0.15, -0.1) is 0 Å². The van der Waals surface area contributed by atoms with Crippen LogP contribution in [0.1, 0.15) is 45.1 Å². The molecule has 0 bridgehead atoms. The molecule has 0 spiro atoms. The van der Waals surface area contributed by atoms with Crippen LogP contribution in [0.15, 0.2) is 64.6 Å². The number of amides is 1. The topological polar surface area (TPSA) is 195 Å². The molecule has 2 fully saturated rings. The summed E-state index contributed by atoms with van der Waals surface area (Å²) in [5.41, 5.74) is 15.6. The lowest BCUT2D eigenvalue weighted by Gasteiger charge is -2.42. The van der Waals surface area contributed by atoms with E-state index >= 15 is 0 Å². The Morgan fingerprint density at radius 3 is 2.58 bits per heavy atom. The molecule has 4 N–H and O–H groups in total. The van der Waals surface area contributed by atoms with Gasteiger partial charge in [-0.05, 0) is 72.9 Å². The Hall–Kier alpha value is -3.39. The number of sulfone groups is 1. The van der Waals surface area contributed by atoms with Crippen LogP contribution in [0.25, 0.3) is 10.4 Å². The Balaban J connectivity index is 1.68. The molecule has 2 heterocycles. The molecule has 1 amide bonds. The smallest absolute Gasteiger partial charge is 0.407 e. The van der Waals surface area contributed by atoms with Gasteiger partial charge in [0, 0.05) is 11.5 Å². The zero-order valence-corrected chi connectivity index (χ0v) is 26.7. The van der Waals surface area contributed by atoms with Crippen molar-refractivity contribution >= 4 is 15.9 Å². The second kappa shape index (κ2) is 14.8. The van der Waals surface area contributed by atoms with Crippen molar-refractivity contribution in [1.82, 2.24) is 5.32 Å². The molecule has 2 aliphatic rings. The minimum absolute atomic E-state index is 0.0713. The summed E-state index contributed by atoms with van der Waals surface area (Å²) in [7, 11) is -2.97. The lowest BCUT2D eigenvalue weighted by Crippen LogP contribution is -2.65. The maximum atomic E-state index is 14.4. The fourth-order valence-corrected chi connectivity index (χ4v) is 8.16. The van der Waals surface area contributed by atoms with E-state index in [0.717, 1.165) is 5.56 Å². The second-order valence-electron chi connectivity index (χ2n) is 12.4. The maximum Gasteiger partial charge on any atom is 0.407 e. The number of hydrogen-bond acceptors (Lipinski definition) is 10. The monoisotopic (exact) mass is 645 g/mol. The van der Waals surface area contributed by atoms with Crippen molar-refractivity contribution in [2.45, 2.75) is 80.3 Å². The van der Waals surface area contributed by atoms with Gasteiger partial charge in [0.2, 0.25) is 0 Å².